The average molecular weight is 346 g/mol. The Morgan fingerprint density at radius 2 is 2.12 bits per heavy atom. The lowest BCUT2D eigenvalue weighted by atomic mass is 10.2. The molecule has 24 heavy (non-hydrogen) atoms. The molecule has 0 atom stereocenters. The molecule has 2 aromatic rings. The van der Waals surface area contributed by atoms with Gasteiger partial charge in [-0.15, -0.1) is 0 Å². The van der Waals surface area contributed by atoms with E-state index in [0.29, 0.717) is 5.82 Å². The number of amides is 1. The van der Waals surface area contributed by atoms with Gasteiger partial charge in [0.1, 0.15) is 5.82 Å². The topological polar surface area (TPSA) is 106 Å². The molecule has 0 bridgehead atoms. The lowest BCUT2D eigenvalue weighted by molar-refractivity contribution is -0.385. The van der Waals surface area contributed by atoms with Crippen molar-refractivity contribution in [2.24, 2.45) is 0 Å². The van der Waals surface area contributed by atoms with Gasteiger partial charge in [-0.1, -0.05) is 6.07 Å². The van der Waals surface area contributed by atoms with Crippen LogP contribution in [-0.4, -0.2) is 28.0 Å². The summed E-state index contributed by atoms with van der Waals surface area (Å²) in [7, 11) is 1.32. The fourth-order valence-electron chi connectivity index (χ4n) is 1.90. The second kappa shape index (κ2) is 7.47. The molecule has 2 N–H and O–H groups in total. The van der Waals surface area contributed by atoms with E-state index in [1.807, 2.05) is 13.0 Å². The van der Waals surface area contributed by atoms with Crippen LogP contribution in [0.1, 0.15) is 15.9 Å². The van der Waals surface area contributed by atoms with Gasteiger partial charge in [0.2, 0.25) is 0 Å². The summed E-state index contributed by atoms with van der Waals surface area (Å²) in [6, 6.07) is 7.51. The van der Waals surface area contributed by atoms with Crippen molar-refractivity contribution in [2.45, 2.75) is 6.92 Å². The fraction of sp³-hybridized carbons (Fsp3) is 0.133. The molecule has 8 nitrogen and oxygen atoms in total. The van der Waals surface area contributed by atoms with Crippen molar-refractivity contribution in [1.29, 1.82) is 0 Å². The molecule has 0 aliphatic heterocycles. The highest BCUT2D eigenvalue weighted by Gasteiger charge is 2.18. The van der Waals surface area contributed by atoms with Gasteiger partial charge in [0.15, 0.2) is 10.9 Å². The summed E-state index contributed by atoms with van der Waals surface area (Å²) in [4.78, 5) is 26.7. The van der Waals surface area contributed by atoms with Crippen molar-refractivity contribution >= 4 is 34.7 Å². The number of anilines is 1. The van der Waals surface area contributed by atoms with Crippen LogP contribution >= 0.6 is 12.2 Å². The molecule has 0 aliphatic rings. The van der Waals surface area contributed by atoms with E-state index >= 15 is 0 Å². The van der Waals surface area contributed by atoms with Crippen LogP contribution in [0.3, 0.4) is 0 Å². The van der Waals surface area contributed by atoms with E-state index in [4.69, 9.17) is 17.0 Å². The molecule has 1 amide bonds. The number of benzene rings is 1. The minimum atomic E-state index is -0.622. The third-order valence-corrected chi connectivity index (χ3v) is 3.31. The number of nitrogens with one attached hydrogen (secondary N) is 2. The third-order valence-electron chi connectivity index (χ3n) is 3.11. The summed E-state index contributed by atoms with van der Waals surface area (Å²) in [6.45, 7) is 1.84. The first-order valence-corrected chi connectivity index (χ1v) is 7.19. The largest absolute Gasteiger partial charge is 0.490 e. The number of nitro groups is 1. The molecule has 124 valence electrons. The van der Waals surface area contributed by atoms with Gasteiger partial charge in [-0.25, -0.2) is 4.98 Å². The van der Waals surface area contributed by atoms with Gasteiger partial charge in [0, 0.05) is 17.8 Å². The van der Waals surface area contributed by atoms with E-state index in [0.717, 1.165) is 11.6 Å². The van der Waals surface area contributed by atoms with Gasteiger partial charge < -0.3 is 10.1 Å². The van der Waals surface area contributed by atoms with Crippen LogP contribution in [-0.2, 0) is 0 Å². The van der Waals surface area contributed by atoms with Gasteiger partial charge in [-0.2, -0.15) is 0 Å². The van der Waals surface area contributed by atoms with Crippen molar-refractivity contribution in [3.8, 4) is 5.75 Å². The zero-order chi connectivity index (χ0) is 17.7. The normalized spacial score (nSPS) is 9.92. The maximum Gasteiger partial charge on any atom is 0.311 e. The van der Waals surface area contributed by atoms with Gasteiger partial charge in [0.25, 0.3) is 5.91 Å². The maximum atomic E-state index is 12.2. The zero-order valence-electron chi connectivity index (χ0n) is 12.9. The van der Waals surface area contributed by atoms with Crippen LogP contribution in [0.25, 0.3) is 0 Å². The van der Waals surface area contributed by atoms with E-state index in [1.165, 1.54) is 19.2 Å². The molecule has 1 heterocycles. The Balaban J connectivity index is 2.12. The number of pyridine rings is 1. The molecule has 2 rings (SSSR count). The lowest BCUT2D eigenvalue weighted by Crippen LogP contribution is -2.34. The van der Waals surface area contributed by atoms with Gasteiger partial charge in [-0.05, 0) is 42.9 Å². The van der Waals surface area contributed by atoms with E-state index in [9.17, 15) is 14.9 Å². The Labute approximate surface area is 143 Å². The molecular weight excluding hydrogens is 332 g/mol. The Morgan fingerprint density at radius 3 is 2.75 bits per heavy atom. The summed E-state index contributed by atoms with van der Waals surface area (Å²) >= 11 is 5.06. The van der Waals surface area contributed by atoms with Crippen LogP contribution in [0.4, 0.5) is 11.5 Å². The summed E-state index contributed by atoms with van der Waals surface area (Å²) in [6.07, 6.45) is 1.59. The van der Waals surface area contributed by atoms with Gasteiger partial charge >= 0.3 is 5.69 Å². The van der Waals surface area contributed by atoms with Gasteiger partial charge in [-0.3, -0.25) is 20.2 Å². The third kappa shape index (κ3) is 4.02. The monoisotopic (exact) mass is 346 g/mol. The Kier molecular flexibility index (Phi) is 5.38. The van der Waals surface area contributed by atoms with Crippen molar-refractivity contribution in [3.05, 3.63) is 57.8 Å². The molecular formula is C15H14N4O4S. The summed E-state index contributed by atoms with van der Waals surface area (Å²) in [5.41, 5.74) is 0.642. The number of thiocarbonyl (C=S) groups is 1. The van der Waals surface area contributed by atoms with Crippen molar-refractivity contribution in [2.75, 3.05) is 12.4 Å². The SMILES string of the molecule is COc1ccc(C(=O)NC(=S)Nc2ncccc2C)cc1[N+](=O)[O-]. The smallest absolute Gasteiger partial charge is 0.311 e. The molecule has 0 saturated carbocycles. The van der Waals surface area contributed by atoms with Crippen molar-refractivity contribution in [3.63, 3.8) is 0 Å². The predicted octanol–water partition coefficient (Wildman–Crippen LogP) is 2.43. The summed E-state index contributed by atoms with van der Waals surface area (Å²) < 4.78 is 4.89. The minimum Gasteiger partial charge on any atom is -0.490 e. The number of carbonyl (C=O) groups excluding carboxylic acids is 1. The number of rotatable bonds is 4. The van der Waals surface area contributed by atoms with Crippen LogP contribution in [0, 0.1) is 17.0 Å². The molecule has 0 spiro atoms. The van der Waals surface area contributed by atoms with E-state index in [-0.39, 0.29) is 22.1 Å². The van der Waals surface area contributed by atoms with Crippen molar-refractivity contribution in [1.82, 2.24) is 10.3 Å². The summed E-state index contributed by atoms with van der Waals surface area (Å²) in [5, 5.41) is 16.3. The fourth-order valence-corrected chi connectivity index (χ4v) is 2.09. The van der Waals surface area contributed by atoms with Crippen LogP contribution < -0.4 is 15.4 Å². The number of methoxy groups -OCH3 is 1. The first-order chi connectivity index (χ1) is 11.4. The van der Waals surface area contributed by atoms with Crippen LogP contribution in [0.2, 0.25) is 0 Å². The number of ether oxygens (including phenoxy) is 1. The summed E-state index contributed by atoms with van der Waals surface area (Å²) in [5.74, 6) is 0.0108. The van der Waals surface area contributed by atoms with Crippen LogP contribution in [0.15, 0.2) is 36.5 Å². The number of hydrogen-bond acceptors (Lipinski definition) is 6. The number of aryl methyl sites for hydroxylation is 1. The highest BCUT2D eigenvalue weighted by Crippen LogP contribution is 2.27. The molecule has 0 fully saturated rings. The number of nitro benzene ring substituents is 1. The first kappa shape index (κ1) is 17.3. The second-order valence-corrected chi connectivity index (χ2v) is 5.13. The zero-order valence-corrected chi connectivity index (χ0v) is 13.7. The highest BCUT2D eigenvalue weighted by molar-refractivity contribution is 7.80. The second-order valence-electron chi connectivity index (χ2n) is 4.72. The molecule has 0 aliphatic carbocycles. The number of hydrogen-bond donors (Lipinski definition) is 2. The standard InChI is InChI=1S/C15H14N4O4S/c1-9-4-3-7-16-13(9)17-15(24)18-14(20)10-5-6-12(23-2)11(8-10)19(21)22/h3-8H,1-2H3,(H2,16,17,18,20,24). The average Bonchev–Trinajstić information content (AvgIpc) is 2.56. The molecule has 1 aromatic heterocycles. The van der Waals surface area contributed by atoms with E-state index in [1.54, 1.807) is 12.3 Å². The lowest BCUT2D eigenvalue weighted by Gasteiger charge is -2.11. The quantitative estimate of drug-likeness (QED) is 0.497. The first-order valence-electron chi connectivity index (χ1n) is 6.78. The maximum absolute atomic E-state index is 12.2. The van der Waals surface area contributed by atoms with Gasteiger partial charge in [0.05, 0.1) is 12.0 Å². The highest BCUT2D eigenvalue weighted by atomic mass is 32.1. The van der Waals surface area contributed by atoms with Crippen LogP contribution in [0.5, 0.6) is 5.75 Å². The molecule has 0 saturated heterocycles. The Bertz CT molecular complexity index is 810. The molecule has 0 unspecified atom stereocenters. The van der Waals surface area contributed by atoms with E-state index in [2.05, 4.69) is 15.6 Å². The number of nitrogens with zero attached hydrogens (tertiary/aromatic N) is 2. The minimum absolute atomic E-state index is 0.0419. The predicted molar refractivity (Wildman–Crippen MR) is 92.3 cm³/mol. The Hall–Kier alpha value is -3.07. The molecule has 0 radical (unpaired) electrons. The number of aromatic nitrogens is 1. The Morgan fingerprint density at radius 1 is 1.38 bits per heavy atom. The van der Waals surface area contributed by atoms with E-state index < -0.39 is 10.8 Å². The molecule has 1 aromatic carbocycles. The number of carbonyl (C=O) groups is 1. The molecule has 9 heteroatoms. The van der Waals surface area contributed by atoms with Crippen molar-refractivity contribution < 1.29 is 14.5 Å².